The SMILES string of the molecule is N#CC(=Cc1ccc(-c2ccc(-c3ccc(N4CCCCC4)cc3)s2)s1)C(=O)O. The Labute approximate surface area is 178 Å². The normalized spacial score (nSPS) is 14.6. The van der Waals surface area contributed by atoms with E-state index >= 15 is 0 Å². The zero-order chi connectivity index (χ0) is 20.2. The second-order valence-electron chi connectivity index (χ2n) is 6.94. The van der Waals surface area contributed by atoms with E-state index < -0.39 is 5.97 Å². The second-order valence-corrected chi connectivity index (χ2v) is 9.13. The minimum atomic E-state index is -1.20. The van der Waals surface area contributed by atoms with E-state index in [0.29, 0.717) is 0 Å². The van der Waals surface area contributed by atoms with Crippen molar-refractivity contribution in [3.8, 4) is 26.3 Å². The van der Waals surface area contributed by atoms with Gasteiger partial charge in [0.15, 0.2) is 0 Å². The minimum absolute atomic E-state index is 0.251. The molecule has 29 heavy (non-hydrogen) atoms. The van der Waals surface area contributed by atoms with E-state index in [1.54, 1.807) is 17.4 Å². The summed E-state index contributed by atoms with van der Waals surface area (Å²) in [5.74, 6) is -1.20. The van der Waals surface area contributed by atoms with Crippen molar-refractivity contribution in [2.75, 3.05) is 18.0 Å². The lowest BCUT2D eigenvalue weighted by atomic mass is 10.1. The summed E-state index contributed by atoms with van der Waals surface area (Å²) in [7, 11) is 0. The van der Waals surface area contributed by atoms with Crippen LogP contribution in [0, 0.1) is 11.3 Å². The lowest BCUT2D eigenvalue weighted by Gasteiger charge is -2.28. The summed E-state index contributed by atoms with van der Waals surface area (Å²) in [5.41, 5.74) is 2.25. The summed E-state index contributed by atoms with van der Waals surface area (Å²) in [4.78, 5) is 17.6. The number of nitriles is 1. The zero-order valence-electron chi connectivity index (χ0n) is 15.8. The molecule has 4 nitrogen and oxygen atoms in total. The van der Waals surface area contributed by atoms with E-state index in [0.717, 1.165) is 27.7 Å². The van der Waals surface area contributed by atoms with Gasteiger partial charge in [0.05, 0.1) is 0 Å². The van der Waals surface area contributed by atoms with Crippen LogP contribution in [-0.4, -0.2) is 24.2 Å². The molecular formula is C23H20N2O2S2. The lowest BCUT2D eigenvalue weighted by molar-refractivity contribution is -0.132. The van der Waals surface area contributed by atoms with Gasteiger partial charge < -0.3 is 10.0 Å². The smallest absolute Gasteiger partial charge is 0.346 e. The first-order valence-corrected chi connectivity index (χ1v) is 11.2. The highest BCUT2D eigenvalue weighted by Crippen LogP contribution is 2.38. The van der Waals surface area contributed by atoms with Crippen molar-refractivity contribution in [1.82, 2.24) is 0 Å². The van der Waals surface area contributed by atoms with Crippen molar-refractivity contribution in [1.29, 1.82) is 5.26 Å². The quantitative estimate of drug-likeness (QED) is 0.399. The van der Waals surface area contributed by atoms with Gasteiger partial charge in [0.2, 0.25) is 0 Å². The predicted molar refractivity (Wildman–Crippen MR) is 120 cm³/mol. The van der Waals surface area contributed by atoms with Crippen LogP contribution in [0.15, 0.2) is 54.1 Å². The molecule has 0 bridgehead atoms. The highest BCUT2D eigenvalue weighted by Gasteiger charge is 2.12. The zero-order valence-corrected chi connectivity index (χ0v) is 17.4. The average Bonchev–Trinajstić information content (AvgIpc) is 3.42. The van der Waals surface area contributed by atoms with Gasteiger partial charge in [0.1, 0.15) is 11.6 Å². The fraction of sp³-hybridized carbons (Fsp3) is 0.217. The van der Waals surface area contributed by atoms with Crippen LogP contribution in [0.4, 0.5) is 5.69 Å². The topological polar surface area (TPSA) is 64.3 Å². The molecule has 1 fully saturated rings. The maximum Gasteiger partial charge on any atom is 0.346 e. The summed E-state index contributed by atoms with van der Waals surface area (Å²) < 4.78 is 0. The molecule has 3 heterocycles. The van der Waals surface area contributed by atoms with E-state index in [2.05, 4.69) is 41.3 Å². The molecule has 0 aliphatic carbocycles. The Kier molecular flexibility index (Phi) is 5.79. The van der Waals surface area contributed by atoms with Crippen LogP contribution in [0.1, 0.15) is 24.1 Å². The van der Waals surface area contributed by atoms with Gasteiger partial charge >= 0.3 is 5.97 Å². The Morgan fingerprint density at radius 2 is 1.59 bits per heavy atom. The number of carbonyl (C=O) groups is 1. The van der Waals surface area contributed by atoms with Gasteiger partial charge in [-0.15, -0.1) is 22.7 Å². The van der Waals surface area contributed by atoms with E-state index in [4.69, 9.17) is 10.4 Å². The maximum atomic E-state index is 11.0. The summed E-state index contributed by atoms with van der Waals surface area (Å²) in [5, 5.41) is 17.9. The number of aliphatic carboxylic acids is 1. The molecule has 1 aromatic carbocycles. The highest BCUT2D eigenvalue weighted by atomic mass is 32.1. The third kappa shape index (κ3) is 4.42. The van der Waals surface area contributed by atoms with Crippen LogP contribution in [0.3, 0.4) is 0 Å². The Morgan fingerprint density at radius 3 is 2.28 bits per heavy atom. The number of rotatable bonds is 5. The van der Waals surface area contributed by atoms with Crippen LogP contribution in [0.5, 0.6) is 0 Å². The molecular weight excluding hydrogens is 400 g/mol. The molecule has 1 N–H and O–H groups in total. The Balaban J connectivity index is 1.52. The summed E-state index contributed by atoms with van der Waals surface area (Å²) >= 11 is 3.21. The molecule has 0 atom stereocenters. The van der Waals surface area contributed by atoms with Gasteiger partial charge in [0, 0.05) is 38.3 Å². The number of carboxylic acids is 1. The van der Waals surface area contributed by atoms with Gasteiger partial charge in [-0.1, -0.05) is 12.1 Å². The molecule has 0 radical (unpaired) electrons. The molecule has 0 saturated carbocycles. The largest absolute Gasteiger partial charge is 0.477 e. The minimum Gasteiger partial charge on any atom is -0.477 e. The lowest BCUT2D eigenvalue weighted by Crippen LogP contribution is -2.29. The van der Waals surface area contributed by atoms with Crippen LogP contribution in [0.25, 0.3) is 26.3 Å². The maximum absolute atomic E-state index is 11.0. The standard InChI is InChI=1S/C23H20N2O2S2/c24-15-17(23(26)27)14-19-8-9-21(28-19)22-11-10-20(29-22)16-4-6-18(7-5-16)25-12-2-1-3-13-25/h4-11,14H,1-3,12-13H2,(H,26,27). The fourth-order valence-corrected chi connectivity index (χ4v) is 5.51. The molecule has 4 rings (SSSR count). The molecule has 0 unspecified atom stereocenters. The number of anilines is 1. The molecule has 0 spiro atoms. The van der Waals surface area contributed by atoms with Crippen LogP contribution in [0.2, 0.25) is 0 Å². The van der Waals surface area contributed by atoms with E-state index in [1.165, 1.54) is 52.8 Å². The highest BCUT2D eigenvalue weighted by molar-refractivity contribution is 7.24. The van der Waals surface area contributed by atoms with Gasteiger partial charge in [-0.2, -0.15) is 5.26 Å². The molecule has 3 aromatic rings. The van der Waals surface area contributed by atoms with Crippen molar-refractivity contribution in [2.24, 2.45) is 0 Å². The molecule has 0 amide bonds. The number of carboxylic acid groups (broad SMARTS) is 1. The first-order chi connectivity index (χ1) is 14.1. The van der Waals surface area contributed by atoms with Gasteiger partial charge in [-0.25, -0.2) is 4.79 Å². The van der Waals surface area contributed by atoms with E-state index in [-0.39, 0.29) is 5.57 Å². The Morgan fingerprint density at radius 1 is 0.931 bits per heavy atom. The molecule has 6 heteroatoms. The number of hydrogen-bond acceptors (Lipinski definition) is 5. The van der Waals surface area contributed by atoms with Crippen molar-refractivity contribution >= 4 is 40.4 Å². The van der Waals surface area contributed by atoms with E-state index in [1.807, 2.05) is 12.1 Å². The van der Waals surface area contributed by atoms with Crippen molar-refractivity contribution in [3.63, 3.8) is 0 Å². The van der Waals surface area contributed by atoms with Gasteiger partial charge in [-0.3, -0.25) is 0 Å². The van der Waals surface area contributed by atoms with E-state index in [9.17, 15) is 4.79 Å². The number of benzene rings is 1. The van der Waals surface area contributed by atoms with Crippen molar-refractivity contribution in [3.05, 3.63) is 59.0 Å². The van der Waals surface area contributed by atoms with Gasteiger partial charge in [-0.05, 0) is 67.3 Å². The first kappa shape index (κ1) is 19.4. The molecule has 146 valence electrons. The predicted octanol–water partition coefficient (Wildman–Crippen LogP) is 6.13. The number of piperidine rings is 1. The Hall–Kier alpha value is -2.88. The summed E-state index contributed by atoms with van der Waals surface area (Å²) in [6.45, 7) is 2.29. The van der Waals surface area contributed by atoms with Gasteiger partial charge in [0.25, 0.3) is 0 Å². The fourth-order valence-electron chi connectivity index (χ4n) is 3.46. The second kappa shape index (κ2) is 8.64. The van der Waals surface area contributed by atoms with Crippen LogP contribution >= 0.6 is 22.7 Å². The summed E-state index contributed by atoms with van der Waals surface area (Å²) in [6.07, 6.45) is 5.30. The van der Waals surface area contributed by atoms with Crippen molar-refractivity contribution < 1.29 is 9.90 Å². The molecule has 1 saturated heterocycles. The third-order valence-electron chi connectivity index (χ3n) is 4.99. The molecule has 2 aromatic heterocycles. The van der Waals surface area contributed by atoms with Crippen LogP contribution in [-0.2, 0) is 4.79 Å². The molecule has 1 aliphatic heterocycles. The Bertz CT molecular complexity index is 1080. The molecule has 1 aliphatic rings. The van der Waals surface area contributed by atoms with Crippen LogP contribution < -0.4 is 4.90 Å². The monoisotopic (exact) mass is 420 g/mol. The number of thiophene rings is 2. The number of nitrogens with zero attached hydrogens (tertiary/aromatic N) is 2. The van der Waals surface area contributed by atoms with Crippen molar-refractivity contribution in [2.45, 2.75) is 19.3 Å². The number of hydrogen-bond donors (Lipinski definition) is 1. The average molecular weight is 421 g/mol. The third-order valence-corrected chi connectivity index (χ3v) is 7.35. The summed E-state index contributed by atoms with van der Waals surface area (Å²) in [6, 6.07) is 18.6. The first-order valence-electron chi connectivity index (χ1n) is 9.54.